The monoisotopic (exact) mass is 325 g/mol. The van der Waals surface area contributed by atoms with Crippen molar-refractivity contribution in [3.8, 4) is 5.75 Å². The smallest absolute Gasteiger partial charge is 0.335 e. The van der Waals surface area contributed by atoms with E-state index >= 15 is 0 Å². The van der Waals surface area contributed by atoms with Gasteiger partial charge in [-0.3, -0.25) is 4.79 Å². The summed E-state index contributed by atoms with van der Waals surface area (Å²) in [5.74, 6) is -0.0918. The third-order valence-electron chi connectivity index (χ3n) is 4.41. The maximum Gasteiger partial charge on any atom is 0.335 e. The van der Waals surface area contributed by atoms with Crippen LogP contribution >= 0.6 is 0 Å². The van der Waals surface area contributed by atoms with E-state index in [4.69, 9.17) is 9.84 Å². The molecule has 2 aromatic carbocycles. The molecule has 0 radical (unpaired) electrons. The van der Waals surface area contributed by atoms with Gasteiger partial charge in [-0.25, -0.2) is 4.79 Å². The van der Waals surface area contributed by atoms with E-state index in [9.17, 15) is 9.59 Å². The molecule has 3 rings (SSSR count). The summed E-state index contributed by atoms with van der Waals surface area (Å²) in [5.41, 5.74) is 1.64. The van der Waals surface area contributed by atoms with Crippen LogP contribution in [0.3, 0.4) is 0 Å². The molecule has 0 saturated carbocycles. The van der Waals surface area contributed by atoms with E-state index in [1.54, 1.807) is 24.1 Å². The minimum absolute atomic E-state index is 0.126. The number of rotatable bonds is 4. The van der Waals surface area contributed by atoms with Gasteiger partial charge in [0.25, 0.3) is 5.91 Å². The Hall–Kier alpha value is -2.82. The van der Waals surface area contributed by atoms with Gasteiger partial charge in [-0.1, -0.05) is 24.3 Å². The number of benzene rings is 2. The largest absolute Gasteiger partial charge is 0.496 e. The summed E-state index contributed by atoms with van der Waals surface area (Å²) < 4.78 is 5.41. The molecule has 1 unspecified atom stereocenters. The van der Waals surface area contributed by atoms with Crippen LogP contribution in [0.4, 0.5) is 0 Å². The van der Waals surface area contributed by atoms with E-state index in [-0.39, 0.29) is 17.4 Å². The van der Waals surface area contributed by atoms with Crippen molar-refractivity contribution in [1.82, 2.24) is 4.90 Å². The molecule has 5 heteroatoms. The molecule has 0 aromatic heterocycles. The fourth-order valence-corrected chi connectivity index (χ4v) is 3.17. The van der Waals surface area contributed by atoms with Crippen LogP contribution in [0.2, 0.25) is 0 Å². The Kier molecular flexibility index (Phi) is 4.51. The third-order valence-corrected chi connectivity index (χ3v) is 4.41. The molecule has 1 amide bonds. The summed E-state index contributed by atoms with van der Waals surface area (Å²) in [7, 11) is 1.65. The molecule has 0 aliphatic carbocycles. The van der Waals surface area contributed by atoms with Crippen LogP contribution in [0.25, 0.3) is 0 Å². The highest BCUT2D eigenvalue weighted by atomic mass is 16.5. The summed E-state index contributed by atoms with van der Waals surface area (Å²) in [6.45, 7) is 1.26. The standard InChI is InChI=1S/C19H19NO4/c1-24-17-8-3-2-7-16(17)15-9-10-20(12-15)18(21)13-5-4-6-14(11-13)19(22)23/h2-8,11,15H,9-10,12H2,1H3,(H,22,23). The molecule has 1 N–H and O–H groups in total. The van der Waals surface area contributed by atoms with Gasteiger partial charge >= 0.3 is 5.97 Å². The summed E-state index contributed by atoms with van der Waals surface area (Å²) in [5, 5.41) is 9.07. The predicted molar refractivity (Wildman–Crippen MR) is 89.7 cm³/mol. The van der Waals surface area contributed by atoms with Gasteiger partial charge in [0.1, 0.15) is 5.75 Å². The number of carboxylic acids is 1. The minimum Gasteiger partial charge on any atom is -0.496 e. The summed E-state index contributed by atoms with van der Waals surface area (Å²) in [4.78, 5) is 25.5. The van der Waals surface area contributed by atoms with Gasteiger partial charge in [0.05, 0.1) is 12.7 Å². The number of nitrogens with zero attached hydrogens (tertiary/aromatic N) is 1. The van der Waals surface area contributed by atoms with E-state index in [0.29, 0.717) is 18.7 Å². The molecule has 1 aliphatic heterocycles. The van der Waals surface area contributed by atoms with E-state index in [0.717, 1.165) is 17.7 Å². The van der Waals surface area contributed by atoms with Crippen molar-refractivity contribution in [3.05, 3.63) is 65.2 Å². The van der Waals surface area contributed by atoms with Crippen molar-refractivity contribution >= 4 is 11.9 Å². The van der Waals surface area contributed by atoms with Crippen molar-refractivity contribution in [2.75, 3.05) is 20.2 Å². The van der Waals surface area contributed by atoms with Gasteiger partial charge in [0.2, 0.25) is 0 Å². The number of methoxy groups -OCH3 is 1. The van der Waals surface area contributed by atoms with Crippen LogP contribution in [-0.2, 0) is 0 Å². The highest BCUT2D eigenvalue weighted by molar-refractivity contribution is 5.97. The summed E-state index contributed by atoms with van der Waals surface area (Å²) in [6, 6.07) is 14.0. The zero-order chi connectivity index (χ0) is 17.1. The van der Waals surface area contributed by atoms with Crippen LogP contribution in [-0.4, -0.2) is 42.1 Å². The number of aromatic carboxylic acids is 1. The number of hydrogen-bond donors (Lipinski definition) is 1. The van der Waals surface area contributed by atoms with Crippen molar-refractivity contribution in [2.45, 2.75) is 12.3 Å². The fourth-order valence-electron chi connectivity index (χ4n) is 3.17. The van der Waals surface area contributed by atoms with Crippen molar-refractivity contribution in [2.24, 2.45) is 0 Å². The first-order chi connectivity index (χ1) is 11.6. The Morgan fingerprint density at radius 3 is 2.62 bits per heavy atom. The zero-order valence-electron chi connectivity index (χ0n) is 13.4. The first-order valence-electron chi connectivity index (χ1n) is 7.85. The number of hydrogen-bond acceptors (Lipinski definition) is 3. The molecule has 0 bridgehead atoms. The fraction of sp³-hybridized carbons (Fsp3) is 0.263. The van der Waals surface area contributed by atoms with Crippen molar-refractivity contribution in [3.63, 3.8) is 0 Å². The molecule has 2 aromatic rings. The topological polar surface area (TPSA) is 66.8 Å². The highest BCUT2D eigenvalue weighted by Gasteiger charge is 2.29. The second-order valence-electron chi connectivity index (χ2n) is 5.86. The Morgan fingerprint density at radius 2 is 1.88 bits per heavy atom. The van der Waals surface area contributed by atoms with Gasteiger partial charge in [-0.2, -0.15) is 0 Å². The van der Waals surface area contributed by atoms with Crippen molar-refractivity contribution < 1.29 is 19.4 Å². The molecule has 1 atom stereocenters. The molecule has 24 heavy (non-hydrogen) atoms. The molecule has 1 saturated heterocycles. The lowest BCUT2D eigenvalue weighted by atomic mass is 9.97. The Morgan fingerprint density at radius 1 is 1.12 bits per heavy atom. The van der Waals surface area contributed by atoms with Gasteiger partial charge in [-0.15, -0.1) is 0 Å². The number of ether oxygens (including phenoxy) is 1. The quantitative estimate of drug-likeness (QED) is 0.938. The van der Waals surface area contributed by atoms with Gasteiger partial charge in [0.15, 0.2) is 0 Å². The summed E-state index contributed by atoms with van der Waals surface area (Å²) in [6.07, 6.45) is 0.866. The second-order valence-corrected chi connectivity index (χ2v) is 5.86. The molecule has 1 aliphatic rings. The Balaban J connectivity index is 1.77. The number of carbonyl (C=O) groups excluding carboxylic acids is 1. The number of carboxylic acid groups (broad SMARTS) is 1. The minimum atomic E-state index is -1.03. The normalized spacial score (nSPS) is 16.9. The molecule has 124 valence electrons. The number of para-hydroxylation sites is 1. The Bertz CT molecular complexity index is 771. The average molecular weight is 325 g/mol. The SMILES string of the molecule is COc1ccccc1C1CCN(C(=O)c2cccc(C(=O)O)c2)C1. The molecule has 5 nitrogen and oxygen atoms in total. The number of carbonyl (C=O) groups is 2. The third kappa shape index (κ3) is 3.11. The van der Waals surface area contributed by atoms with E-state index in [2.05, 4.69) is 0 Å². The first-order valence-corrected chi connectivity index (χ1v) is 7.85. The van der Waals surface area contributed by atoms with Crippen LogP contribution < -0.4 is 4.74 Å². The molecule has 1 fully saturated rings. The van der Waals surface area contributed by atoms with Crippen molar-refractivity contribution in [1.29, 1.82) is 0 Å². The maximum absolute atomic E-state index is 12.7. The van der Waals surface area contributed by atoms with Crippen LogP contribution in [0.1, 0.15) is 38.6 Å². The molecular formula is C19H19NO4. The van der Waals surface area contributed by atoms with Gasteiger partial charge < -0.3 is 14.7 Å². The highest BCUT2D eigenvalue weighted by Crippen LogP contribution is 2.33. The molecular weight excluding hydrogens is 306 g/mol. The summed E-state index contributed by atoms with van der Waals surface area (Å²) >= 11 is 0. The first kappa shape index (κ1) is 16.1. The zero-order valence-corrected chi connectivity index (χ0v) is 13.4. The lowest BCUT2D eigenvalue weighted by Gasteiger charge is -2.18. The second kappa shape index (κ2) is 6.74. The predicted octanol–water partition coefficient (Wildman–Crippen LogP) is 3.02. The maximum atomic E-state index is 12.7. The average Bonchev–Trinajstić information content (AvgIpc) is 3.11. The van der Waals surface area contributed by atoms with Gasteiger partial charge in [0, 0.05) is 24.6 Å². The Labute approximate surface area is 140 Å². The van der Waals surface area contributed by atoms with E-state index in [1.165, 1.54) is 12.1 Å². The van der Waals surface area contributed by atoms with Crippen LogP contribution in [0, 0.1) is 0 Å². The number of amides is 1. The number of likely N-dealkylation sites (tertiary alicyclic amines) is 1. The van der Waals surface area contributed by atoms with Crippen LogP contribution in [0.5, 0.6) is 5.75 Å². The molecule has 0 spiro atoms. The lowest BCUT2D eigenvalue weighted by molar-refractivity contribution is 0.0697. The lowest BCUT2D eigenvalue weighted by Crippen LogP contribution is -2.28. The van der Waals surface area contributed by atoms with Gasteiger partial charge in [-0.05, 0) is 36.2 Å². The van der Waals surface area contributed by atoms with E-state index in [1.807, 2.05) is 24.3 Å². The molecule has 1 heterocycles. The van der Waals surface area contributed by atoms with Crippen LogP contribution in [0.15, 0.2) is 48.5 Å². The van der Waals surface area contributed by atoms with E-state index < -0.39 is 5.97 Å².